The summed E-state index contributed by atoms with van der Waals surface area (Å²) in [6, 6.07) is 31.7. The minimum absolute atomic E-state index is 0.00157. The zero-order valence-electron chi connectivity index (χ0n) is 51.0. The van der Waals surface area contributed by atoms with Gasteiger partial charge in [0.05, 0.1) is 18.1 Å². The van der Waals surface area contributed by atoms with Crippen LogP contribution in [-0.4, -0.2) is 179 Å². The Morgan fingerprint density at radius 3 is 1.22 bits per heavy atom. The zero-order valence-corrected chi connectivity index (χ0v) is 51.0. The van der Waals surface area contributed by atoms with Crippen molar-refractivity contribution in [2.75, 3.05) is 72.5 Å². The Bertz CT molecular complexity index is 2890. The molecule has 17 nitrogen and oxygen atoms in total. The fourth-order valence-electron chi connectivity index (χ4n) is 12.8. The van der Waals surface area contributed by atoms with Crippen LogP contribution in [0.3, 0.4) is 0 Å². The third-order valence-electron chi connectivity index (χ3n) is 18.2. The Hall–Kier alpha value is -7.40. The van der Waals surface area contributed by atoms with Crippen molar-refractivity contribution in [3.63, 3.8) is 0 Å². The van der Waals surface area contributed by atoms with E-state index in [1.54, 1.807) is 57.8 Å². The molecule has 17 heteroatoms. The highest BCUT2D eigenvalue weighted by Gasteiger charge is 2.43. The molecule has 0 aromatic heterocycles. The van der Waals surface area contributed by atoms with Gasteiger partial charge in [0.15, 0.2) is 0 Å². The van der Waals surface area contributed by atoms with Gasteiger partial charge in [-0.1, -0.05) is 137 Å². The number of hydrogen-bond donors (Lipinski definition) is 3. The first-order valence-electron chi connectivity index (χ1n) is 31.3. The van der Waals surface area contributed by atoms with Crippen LogP contribution in [0.4, 0.5) is 0 Å². The standard InChI is InChI=1S/C68H91N9O8/c1-47(2)63(80)70-61(55-23-15-9-16-24-55)67(84)76-41-39-72(49(4)78)43-59(76)45-74(37-35-51-19-11-7-12-20-51)65(82)57-31-27-53(28-32-57)54-29-33-58(34-30-54)66(83)75(38-36-52-21-13-8-14-22-52)46-60-44-73(50(5)79)40-42-77(60)68(85)62(56-25-17-10-18-26-56)71-64(81)48(3)69-6/h7-8,11-14,19-22,27-34,47-48,55-56,59-62,69H,9-10,15-18,23-26,35-46H2,1-6H3,(H,70,80)(H,71,81)/t48-,59-,60-,61-,62-/m0/s1. The van der Waals surface area contributed by atoms with Gasteiger partial charge in [0.25, 0.3) is 11.8 Å². The maximum atomic E-state index is 15.0. The summed E-state index contributed by atoms with van der Waals surface area (Å²) in [6.45, 7) is 11.3. The number of hydrogen-bond acceptors (Lipinski definition) is 9. The molecular formula is C68H91N9O8. The summed E-state index contributed by atoms with van der Waals surface area (Å²) >= 11 is 0. The molecule has 4 aromatic rings. The van der Waals surface area contributed by atoms with Crippen LogP contribution in [0.5, 0.6) is 0 Å². The lowest BCUT2D eigenvalue weighted by atomic mass is 9.82. The second-order valence-corrected chi connectivity index (χ2v) is 24.4. The van der Waals surface area contributed by atoms with Crippen molar-refractivity contribution < 1.29 is 38.4 Å². The highest BCUT2D eigenvalue weighted by Crippen LogP contribution is 2.31. The number of likely N-dealkylation sites (N-methyl/N-ethyl adjacent to an activating group) is 1. The highest BCUT2D eigenvalue weighted by molar-refractivity contribution is 5.96. The summed E-state index contributed by atoms with van der Waals surface area (Å²) in [4.78, 5) is 123. The van der Waals surface area contributed by atoms with E-state index >= 15 is 0 Å². The van der Waals surface area contributed by atoms with Crippen LogP contribution in [0.25, 0.3) is 11.1 Å². The number of piperazine rings is 2. The largest absolute Gasteiger partial charge is 0.344 e. The summed E-state index contributed by atoms with van der Waals surface area (Å²) < 4.78 is 0. The molecule has 456 valence electrons. The van der Waals surface area contributed by atoms with Gasteiger partial charge in [0.2, 0.25) is 35.4 Å². The molecule has 2 aliphatic carbocycles. The van der Waals surface area contributed by atoms with Crippen LogP contribution in [-0.2, 0) is 41.6 Å². The Balaban J connectivity index is 1.03. The minimum atomic E-state index is -0.734. The Kier molecular flexibility index (Phi) is 22.9. The number of rotatable bonds is 22. The molecule has 8 rings (SSSR count). The second kappa shape index (κ2) is 30.6. The van der Waals surface area contributed by atoms with Gasteiger partial charge < -0.3 is 45.3 Å². The fraction of sp³-hybridized carbons (Fsp3) is 0.529. The maximum Gasteiger partial charge on any atom is 0.253 e. The van der Waals surface area contributed by atoms with Crippen LogP contribution in [0, 0.1) is 17.8 Å². The molecule has 0 unspecified atom stereocenters. The summed E-state index contributed by atoms with van der Waals surface area (Å²) in [7, 11) is 1.72. The van der Waals surface area contributed by atoms with Crippen molar-refractivity contribution in [1.29, 1.82) is 0 Å². The fourth-order valence-corrected chi connectivity index (χ4v) is 12.8. The average molecular weight is 1160 g/mol. The van der Waals surface area contributed by atoms with E-state index in [1.807, 2.05) is 109 Å². The molecule has 0 bridgehead atoms. The predicted octanol–water partition coefficient (Wildman–Crippen LogP) is 7.24. The van der Waals surface area contributed by atoms with E-state index in [2.05, 4.69) is 16.0 Å². The highest BCUT2D eigenvalue weighted by atomic mass is 16.2. The first kappa shape index (κ1) is 63.6. The number of amides is 8. The first-order chi connectivity index (χ1) is 41.0. The zero-order chi connectivity index (χ0) is 60.6. The van der Waals surface area contributed by atoms with Gasteiger partial charge in [-0.3, -0.25) is 38.4 Å². The van der Waals surface area contributed by atoms with Gasteiger partial charge in [0, 0.05) is 96.3 Å². The van der Waals surface area contributed by atoms with Gasteiger partial charge >= 0.3 is 0 Å². The van der Waals surface area contributed by atoms with Crippen molar-refractivity contribution in [3.8, 4) is 11.1 Å². The smallest absolute Gasteiger partial charge is 0.253 e. The maximum absolute atomic E-state index is 15.0. The van der Waals surface area contributed by atoms with Crippen molar-refractivity contribution >= 4 is 47.3 Å². The summed E-state index contributed by atoms with van der Waals surface area (Å²) in [6.07, 6.45) is 10.6. The molecule has 8 amide bonds. The first-order valence-corrected chi connectivity index (χ1v) is 31.3. The minimum Gasteiger partial charge on any atom is -0.344 e. The van der Waals surface area contributed by atoms with Crippen LogP contribution in [0.15, 0.2) is 109 Å². The molecule has 4 aliphatic rings. The second-order valence-electron chi connectivity index (χ2n) is 24.4. The molecule has 5 atom stereocenters. The lowest BCUT2D eigenvalue weighted by molar-refractivity contribution is -0.146. The molecule has 85 heavy (non-hydrogen) atoms. The lowest BCUT2D eigenvalue weighted by Gasteiger charge is -2.45. The van der Waals surface area contributed by atoms with Crippen molar-refractivity contribution in [1.82, 2.24) is 45.3 Å². The van der Waals surface area contributed by atoms with E-state index in [0.29, 0.717) is 50.1 Å². The molecule has 0 spiro atoms. The quantitative estimate of drug-likeness (QED) is 0.0728. The van der Waals surface area contributed by atoms with E-state index in [1.165, 1.54) is 13.8 Å². The van der Waals surface area contributed by atoms with Crippen LogP contribution >= 0.6 is 0 Å². The van der Waals surface area contributed by atoms with E-state index < -0.39 is 30.2 Å². The summed E-state index contributed by atoms with van der Waals surface area (Å²) in [5.74, 6) is -1.74. The normalized spacial score (nSPS) is 18.9. The Morgan fingerprint density at radius 2 is 0.871 bits per heavy atom. The molecule has 4 aromatic carbocycles. The van der Waals surface area contributed by atoms with E-state index in [0.717, 1.165) is 86.5 Å². The topological polar surface area (TPSA) is 192 Å². The molecule has 2 aliphatic heterocycles. The Morgan fingerprint density at radius 1 is 0.494 bits per heavy atom. The lowest BCUT2D eigenvalue weighted by Crippen LogP contribution is -2.64. The molecule has 3 N–H and O–H groups in total. The van der Waals surface area contributed by atoms with Gasteiger partial charge in [-0.05, 0) is 111 Å². The van der Waals surface area contributed by atoms with Gasteiger partial charge in [-0.2, -0.15) is 0 Å². The van der Waals surface area contributed by atoms with Gasteiger partial charge in [0.1, 0.15) is 12.1 Å². The van der Waals surface area contributed by atoms with E-state index in [-0.39, 0.29) is 104 Å². The third-order valence-corrected chi connectivity index (χ3v) is 18.2. The van der Waals surface area contributed by atoms with Gasteiger partial charge in [-0.15, -0.1) is 0 Å². The van der Waals surface area contributed by atoms with Crippen LogP contribution in [0.1, 0.15) is 131 Å². The number of nitrogens with one attached hydrogen (secondary N) is 3. The number of carbonyl (C=O) groups is 8. The predicted molar refractivity (Wildman–Crippen MR) is 330 cm³/mol. The molecule has 2 heterocycles. The monoisotopic (exact) mass is 1160 g/mol. The van der Waals surface area contributed by atoms with Crippen LogP contribution in [0.2, 0.25) is 0 Å². The van der Waals surface area contributed by atoms with E-state index in [4.69, 9.17) is 0 Å². The molecule has 0 radical (unpaired) electrons. The van der Waals surface area contributed by atoms with E-state index in [9.17, 15) is 38.4 Å². The molecule has 4 fully saturated rings. The van der Waals surface area contributed by atoms with Crippen molar-refractivity contribution in [3.05, 3.63) is 131 Å². The van der Waals surface area contributed by atoms with Crippen molar-refractivity contribution in [2.24, 2.45) is 17.8 Å². The number of benzene rings is 4. The third kappa shape index (κ3) is 16.9. The molecular weight excluding hydrogens is 1070 g/mol. The number of carbonyl (C=O) groups excluding carboxylic acids is 8. The molecule has 2 saturated carbocycles. The molecule has 2 saturated heterocycles. The number of nitrogens with zero attached hydrogens (tertiary/aromatic N) is 6. The van der Waals surface area contributed by atoms with Crippen LogP contribution < -0.4 is 16.0 Å². The SMILES string of the molecule is CN[C@@H](C)C(=O)N[C@H](C(=O)N1CCN(C(C)=O)C[C@H]1CN(CCc1ccccc1)C(=O)c1ccc(-c2ccc(C(=O)N(CCc3ccccc3)C[C@@H]3CN(C(C)=O)CCN3C(=O)[C@@H](NC(=O)C(C)C)C3CCCCC3)cc2)cc1)C1CCCCC1. The van der Waals surface area contributed by atoms with Crippen molar-refractivity contribution in [2.45, 2.75) is 142 Å². The summed E-state index contributed by atoms with van der Waals surface area (Å²) in [5.41, 5.74) is 4.67. The Labute approximate surface area is 503 Å². The van der Waals surface area contributed by atoms with Gasteiger partial charge in [-0.25, -0.2) is 0 Å². The summed E-state index contributed by atoms with van der Waals surface area (Å²) in [5, 5.41) is 9.25. The average Bonchev–Trinajstić information content (AvgIpc) is 3.32.